The van der Waals surface area contributed by atoms with Crippen molar-refractivity contribution in [1.29, 1.82) is 0 Å². The zero-order valence-electron chi connectivity index (χ0n) is 7.41. The average molecular weight is 186 g/mol. The summed E-state index contributed by atoms with van der Waals surface area (Å²) in [6, 6.07) is 0. The standard InChI is InChI=1S/C8H14N2OS/c1-3-9-6-7(2)12-8-10-4-5-11-8/h4-5,7,9H,3,6H2,1-2H3. The van der Waals surface area contributed by atoms with Gasteiger partial charge in [-0.1, -0.05) is 25.6 Å². The molecule has 1 aromatic heterocycles. The van der Waals surface area contributed by atoms with Gasteiger partial charge in [0.05, 0.1) is 6.20 Å². The van der Waals surface area contributed by atoms with Crippen LogP contribution in [-0.2, 0) is 0 Å². The van der Waals surface area contributed by atoms with Crippen molar-refractivity contribution in [2.75, 3.05) is 13.1 Å². The van der Waals surface area contributed by atoms with Gasteiger partial charge in [-0.3, -0.25) is 0 Å². The maximum Gasteiger partial charge on any atom is 0.255 e. The van der Waals surface area contributed by atoms with Crippen LogP contribution in [0.4, 0.5) is 0 Å². The minimum Gasteiger partial charge on any atom is -0.440 e. The third-order valence-electron chi connectivity index (χ3n) is 1.39. The van der Waals surface area contributed by atoms with Crippen LogP contribution < -0.4 is 5.32 Å². The Balaban J connectivity index is 2.22. The maximum absolute atomic E-state index is 5.11. The lowest BCUT2D eigenvalue weighted by Gasteiger charge is -2.07. The van der Waals surface area contributed by atoms with Gasteiger partial charge in [-0.15, -0.1) is 0 Å². The summed E-state index contributed by atoms with van der Waals surface area (Å²) in [5.41, 5.74) is 0. The Morgan fingerprint density at radius 1 is 1.75 bits per heavy atom. The Morgan fingerprint density at radius 3 is 3.17 bits per heavy atom. The molecule has 12 heavy (non-hydrogen) atoms. The van der Waals surface area contributed by atoms with E-state index in [1.54, 1.807) is 24.2 Å². The van der Waals surface area contributed by atoms with Crippen LogP contribution in [0.15, 0.2) is 22.1 Å². The van der Waals surface area contributed by atoms with Crippen LogP contribution in [0.2, 0.25) is 0 Å². The third kappa shape index (κ3) is 3.28. The molecule has 0 fully saturated rings. The number of thioether (sulfide) groups is 1. The van der Waals surface area contributed by atoms with Crippen molar-refractivity contribution in [2.45, 2.75) is 24.3 Å². The van der Waals surface area contributed by atoms with Crippen LogP contribution in [-0.4, -0.2) is 23.3 Å². The van der Waals surface area contributed by atoms with Gasteiger partial charge < -0.3 is 9.73 Å². The molecule has 0 saturated heterocycles. The first-order valence-electron chi connectivity index (χ1n) is 4.09. The van der Waals surface area contributed by atoms with Crippen LogP contribution in [0, 0.1) is 0 Å². The number of hydrogen-bond acceptors (Lipinski definition) is 4. The molecule has 1 unspecified atom stereocenters. The van der Waals surface area contributed by atoms with Gasteiger partial charge in [-0.05, 0) is 6.54 Å². The molecule has 0 aliphatic heterocycles. The van der Waals surface area contributed by atoms with E-state index in [0.29, 0.717) is 5.25 Å². The molecule has 0 spiro atoms. The molecule has 1 atom stereocenters. The number of hydrogen-bond donors (Lipinski definition) is 1. The first kappa shape index (κ1) is 9.61. The summed E-state index contributed by atoms with van der Waals surface area (Å²) in [6.45, 7) is 6.25. The molecule has 0 radical (unpaired) electrons. The topological polar surface area (TPSA) is 38.1 Å². The van der Waals surface area contributed by atoms with Gasteiger partial charge in [0.15, 0.2) is 0 Å². The Kier molecular flexibility index (Phi) is 4.18. The van der Waals surface area contributed by atoms with Crippen molar-refractivity contribution in [3.8, 4) is 0 Å². The van der Waals surface area contributed by atoms with Crippen LogP contribution in [0.3, 0.4) is 0 Å². The zero-order valence-corrected chi connectivity index (χ0v) is 8.23. The largest absolute Gasteiger partial charge is 0.440 e. The highest BCUT2D eigenvalue weighted by atomic mass is 32.2. The van der Waals surface area contributed by atoms with Crippen LogP contribution in [0.25, 0.3) is 0 Å². The van der Waals surface area contributed by atoms with E-state index in [0.717, 1.165) is 18.3 Å². The van der Waals surface area contributed by atoms with Crippen molar-refractivity contribution in [3.63, 3.8) is 0 Å². The van der Waals surface area contributed by atoms with E-state index in [2.05, 4.69) is 24.1 Å². The lowest BCUT2D eigenvalue weighted by Crippen LogP contribution is -2.21. The first-order valence-corrected chi connectivity index (χ1v) is 4.97. The molecular formula is C8H14N2OS. The summed E-state index contributed by atoms with van der Waals surface area (Å²) in [4.78, 5) is 4.03. The molecule has 1 heterocycles. The first-order chi connectivity index (χ1) is 5.83. The average Bonchev–Trinajstić information content (AvgIpc) is 2.53. The summed E-state index contributed by atoms with van der Waals surface area (Å²) in [7, 11) is 0. The van der Waals surface area contributed by atoms with Crippen molar-refractivity contribution >= 4 is 11.8 Å². The van der Waals surface area contributed by atoms with Gasteiger partial charge in [0.25, 0.3) is 5.22 Å². The SMILES string of the molecule is CCNCC(C)Sc1ncco1. The van der Waals surface area contributed by atoms with E-state index in [4.69, 9.17) is 4.42 Å². The van der Waals surface area contributed by atoms with Crippen molar-refractivity contribution in [3.05, 3.63) is 12.5 Å². The minimum atomic E-state index is 0.503. The van der Waals surface area contributed by atoms with Crippen molar-refractivity contribution in [2.24, 2.45) is 0 Å². The fourth-order valence-electron chi connectivity index (χ4n) is 0.830. The fraction of sp³-hybridized carbons (Fsp3) is 0.625. The number of oxazole rings is 1. The second-order valence-corrected chi connectivity index (χ2v) is 3.92. The predicted molar refractivity (Wildman–Crippen MR) is 50.4 cm³/mol. The normalized spacial score (nSPS) is 13.2. The highest BCUT2D eigenvalue weighted by molar-refractivity contribution is 7.99. The molecule has 0 saturated carbocycles. The number of nitrogens with zero attached hydrogens (tertiary/aromatic N) is 1. The summed E-state index contributed by atoms with van der Waals surface area (Å²) in [6.07, 6.45) is 3.27. The quantitative estimate of drug-likeness (QED) is 0.711. The van der Waals surface area contributed by atoms with Gasteiger partial charge >= 0.3 is 0 Å². The molecule has 1 N–H and O–H groups in total. The third-order valence-corrected chi connectivity index (χ3v) is 2.37. The summed E-state index contributed by atoms with van der Waals surface area (Å²) < 4.78 is 5.11. The number of aromatic nitrogens is 1. The maximum atomic E-state index is 5.11. The minimum absolute atomic E-state index is 0.503. The van der Waals surface area contributed by atoms with E-state index < -0.39 is 0 Å². The summed E-state index contributed by atoms with van der Waals surface area (Å²) >= 11 is 1.65. The van der Waals surface area contributed by atoms with Crippen molar-refractivity contribution < 1.29 is 4.42 Å². The second-order valence-electron chi connectivity index (χ2n) is 2.53. The Morgan fingerprint density at radius 2 is 2.58 bits per heavy atom. The van der Waals surface area contributed by atoms with Gasteiger partial charge in [0.2, 0.25) is 0 Å². The van der Waals surface area contributed by atoms with E-state index in [-0.39, 0.29) is 0 Å². The molecule has 4 heteroatoms. The van der Waals surface area contributed by atoms with E-state index in [1.165, 1.54) is 0 Å². The summed E-state index contributed by atoms with van der Waals surface area (Å²) in [5, 5.41) is 4.52. The number of nitrogens with one attached hydrogen (secondary N) is 1. The monoisotopic (exact) mass is 186 g/mol. The van der Waals surface area contributed by atoms with Gasteiger partial charge in [0, 0.05) is 11.8 Å². The molecule has 3 nitrogen and oxygen atoms in total. The molecule has 1 aromatic rings. The smallest absolute Gasteiger partial charge is 0.255 e. The predicted octanol–water partition coefficient (Wildman–Crippen LogP) is 1.76. The van der Waals surface area contributed by atoms with Gasteiger partial charge in [-0.25, -0.2) is 4.98 Å². The van der Waals surface area contributed by atoms with E-state index in [9.17, 15) is 0 Å². The highest BCUT2D eigenvalue weighted by Crippen LogP contribution is 2.19. The van der Waals surface area contributed by atoms with Gasteiger partial charge in [-0.2, -0.15) is 0 Å². The zero-order chi connectivity index (χ0) is 8.81. The molecule has 0 bridgehead atoms. The van der Waals surface area contributed by atoms with Crippen LogP contribution in [0.1, 0.15) is 13.8 Å². The molecular weight excluding hydrogens is 172 g/mol. The molecule has 0 aliphatic rings. The summed E-state index contributed by atoms with van der Waals surface area (Å²) in [5.74, 6) is 0. The van der Waals surface area contributed by atoms with E-state index >= 15 is 0 Å². The van der Waals surface area contributed by atoms with Crippen molar-refractivity contribution in [1.82, 2.24) is 10.3 Å². The molecule has 0 aromatic carbocycles. The Bertz CT molecular complexity index is 201. The lowest BCUT2D eigenvalue weighted by atomic mass is 10.5. The molecule has 1 rings (SSSR count). The fourth-order valence-corrected chi connectivity index (χ4v) is 1.61. The van der Waals surface area contributed by atoms with Crippen LogP contribution >= 0.6 is 11.8 Å². The molecule has 0 amide bonds. The highest BCUT2D eigenvalue weighted by Gasteiger charge is 2.05. The Hall–Kier alpha value is -0.480. The Labute approximate surface area is 76.9 Å². The lowest BCUT2D eigenvalue weighted by molar-refractivity contribution is 0.453. The van der Waals surface area contributed by atoms with E-state index in [1.807, 2.05) is 0 Å². The molecule has 68 valence electrons. The second kappa shape index (κ2) is 5.22. The van der Waals surface area contributed by atoms with Crippen LogP contribution in [0.5, 0.6) is 0 Å². The number of rotatable bonds is 5. The molecule has 0 aliphatic carbocycles. The van der Waals surface area contributed by atoms with Gasteiger partial charge in [0.1, 0.15) is 6.26 Å².